The highest BCUT2D eigenvalue weighted by atomic mass is 32.1. The molecule has 0 aliphatic heterocycles. The molecule has 0 atom stereocenters. The summed E-state index contributed by atoms with van der Waals surface area (Å²) in [5, 5.41) is 9.55. The Hall–Kier alpha value is -2.42. The van der Waals surface area contributed by atoms with Crippen LogP contribution >= 0.6 is 23.6 Å². The maximum absolute atomic E-state index is 5.58. The Morgan fingerprint density at radius 3 is 2.67 bits per heavy atom. The van der Waals surface area contributed by atoms with E-state index in [0.29, 0.717) is 11.4 Å². The Kier molecular flexibility index (Phi) is 4.86. The van der Waals surface area contributed by atoms with Crippen molar-refractivity contribution in [3.63, 3.8) is 0 Å². The van der Waals surface area contributed by atoms with Crippen LogP contribution in [0.3, 0.4) is 0 Å². The van der Waals surface area contributed by atoms with Crippen molar-refractivity contribution in [3.8, 4) is 5.69 Å². The van der Waals surface area contributed by atoms with E-state index in [4.69, 9.17) is 12.2 Å². The first-order valence-electron chi connectivity index (χ1n) is 8.65. The lowest BCUT2D eigenvalue weighted by Crippen LogP contribution is -2.22. The first-order valence-corrected chi connectivity index (χ1v) is 9.87. The molecule has 0 aliphatic carbocycles. The van der Waals surface area contributed by atoms with Gasteiger partial charge in [0.2, 0.25) is 4.77 Å². The van der Waals surface area contributed by atoms with Gasteiger partial charge in [-0.2, -0.15) is 4.68 Å². The molecule has 2 heterocycles. The highest BCUT2D eigenvalue weighted by molar-refractivity contribution is 7.71. The van der Waals surface area contributed by atoms with Gasteiger partial charge in [-0.3, -0.25) is 4.90 Å². The molecule has 8 heteroatoms. The van der Waals surface area contributed by atoms with E-state index in [1.165, 1.54) is 15.8 Å². The number of fused-ring (bicyclic) bond motifs is 1. The van der Waals surface area contributed by atoms with Crippen molar-refractivity contribution in [2.75, 3.05) is 7.05 Å². The second kappa shape index (κ2) is 7.30. The van der Waals surface area contributed by atoms with Crippen molar-refractivity contribution in [2.24, 2.45) is 0 Å². The van der Waals surface area contributed by atoms with Gasteiger partial charge in [-0.05, 0) is 78.9 Å². The Balaban J connectivity index is 1.51. The monoisotopic (exact) mass is 396 g/mol. The van der Waals surface area contributed by atoms with Crippen molar-refractivity contribution < 1.29 is 0 Å². The summed E-state index contributed by atoms with van der Waals surface area (Å²) in [6, 6.07) is 14.4. The largest absolute Gasteiger partial charge is 0.281 e. The molecule has 138 valence electrons. The minimum Gasteiger partial charge on any atom is -0.281 e. The summed E-state index contributed by atoms with van der Waals surface area (Å²) in [5.74, 6) is 0. The first-order chi connectivity index (χ1) is 13.0. The van der Waals surface area contributed by atoms with Crippen molar-refractivity contribution in [3.05, 3.63) is 63.4 Å². The van der Waals surface area contributed by atoms with Crippen LogP contribution in [0.25, 0.3) is 15.9 Å². The van der Waals surface area contributed by atoms with Crippen LogP contribution in [-0.4, -0.2) is 36.7 Å². The fraction of sp³-hybridized carbons (Fsp3) is 0.263. The lowest BCUT2D eigenvalue weighted by atomic mass is 10.1. The summed E-state index contributed by atoms with van der Waals surface area (Å²) in [4.78, 5) is 6.82. The van der Waals surface area contributed by atoms with E-state index in [1.54, 1.807) is 20.7 Å². The highest BCUT2D eigenvalue weighted by Crippen LogP contribution is 2.22. The zero-order chi connectivity index (χ0) is 19.0. The number of nitrogens with zero attached hydrogens (tertiary/aromatic N) is 6. The predicted molar refractivity (Wildman–Crippen MR) is 111 cm³/mol. The number of aromatic nitrogens is 5. The molecular weight excluding hydrogens is 376 g/mol. The van der Waals surface area contributed by atoms with Crippen molar-refractivity contribution in [1.82, 2.24) is 29.7 Å². The molecule has 0 amide bonds. The molecule has 4 aromatic rings. The zero-order valence-corrected chi connectivity index (χ0v) is 17.1. The average Bonchev–Trinajstić information content (AvgIpc) is 3.20. The fourth-order valence-electron chi connectivity index (χ4n) is 2.88. The predicted octanol–water partition coefficient (Wildman–Crippen LogP) is 4.11. The van der Waals surface area contributed by atoms with Gasteiger partial charge in [0.1, 0.15) is 5.01 Å². The van der Waals surface area contributed by atoms with Gasteiger partial charge in [-0.1, -0.05) is 18.2 Å². The Morgan fingerprint density at radius 1 is 1.07 bits per heavy atom. The molecule has 0 saturated heterocycles. The summed E-state index contributed by atoms with van der Waals surface area (Å²) in [6.45, 7) is 5.46. The van der Waals surface area contributed by atoms with Gasteiger partial charge in [-0.25, -0.2) is 9.67 Å². The van der Waals surface area contributed by atoms with Gasteiger partial charge in [0.05, 0.1) is 29.1 Å². The van der Waals surface area contributed by atoms with Crippen molar-refractivity contribution >= 4 is 33.8 Å². The first kappa shape index (κ1) is 18.0. The Morgan fingerprint density at radius 2 is 1.89 bits per heavy atom. The van der Waals surface area contributed by atoms with Crippen LogP contribution in [0.5, 0.6) is 0 Å². The number of para-hydroxylation sites is 1. The molecule has 0 fully saturated rings. The number of rotatable bonds is 5. The topological polar surface area (TPSA) is 51.8 Å². The van der Waals surface area contributed by atoms with Crippen LogP contribution in [0.15, 0.2) is 42.5 Å². The van der Waals surface area contributed by atoms with Crippen LogP contribution in [0.2, 0.25) is 0 Å². The van der Waals surface area contributed by atoms with E-state index in [9.17, 15) is 0 Å². The van der Waals surface area contributed by atoms with E-state index < -0.39 is 0 Å². The summed E-state index contributed by atoms with van der Waals surface area (Å²) >= 11 is 7.30. The SMILES string of the molecule is Cc1ccc(-n2nnn(CN(C)Cc3nc4ccccc4s3)c2=S)cc1C. The smallest absolute Gasteiger partial charge is 0.221 e. The second-order valence-electron chi connectivity index (χ2n) is 6.67. The normalized spacial score (nSPS) is 11.6. The fourth-order valence-corrected chi connectivity index (χ4v) is 4.16. The minimum absolute atomic E-state index is 0.555. The van der Waals surface area contributed by atoms with E-state index in [-0.39, 0.29) is 0 Å². The third-order valence-electron chi connectivity index (χ3n) is 4.49. The van der Waals surface area contributed by atoms with E-state index >= 15 is 0 Å². The number of tetrazole rings is 1. The van der Waals surface area contributed by atoms with Crippen LogP contribution < -0.4 is 0 Å². The molecule has 4 rings (SSSR count). The van der Waals surface area contributed by atoms with Crippen LogP contribution in [0, 0.1) is 18.6 Å². The summed E-state index contributed by atoms with van der Waals surface area (Å²) < 4.78 is 5.22. The number of benzene rings is 2. The molecule has 0 radical (unpaired) electrons. The van der Waals surface area contributed by atoms with Gasteiger partial charge < -0.3 is 0 Å². The zero-order valence-electron chi connectivity index (χ0n) is 15.5. The lowest BCUT2D eigenvalue weighted by Gasteiger charge is -2.13. The molecule has 0 N–H and O–H groups in total. The Labute approximate surface area is 166 Å². The van der Waals surface area contributed by atoms with E-state index in [2.05, 4.69) is 52.4 Å². The van der Waals surface area contributed by atoms with E-state index in [1.807, 2.05) is 31.3 Å². The minimum atomic E-state index is 0.555. The van der Waals surface area contributed by atoms with Crippen molar-refractivity contribution in [1.29, 1.82) is 0 Å². The van der Waals surface area contributed by atoms with Crippen molar-refractivity contribution in [2.45, 2.75) is 27.1 Å². The molecule has 0 saturated carbocycles. The molecule has 0 bridgehead atoms. The Bertz CT molecular complexity index is 1120. The standard InChI is InChI=1S/C19H20N6S2/c1-13-8-9-15(10-14(13)2)25-19(26)24(21-22-25)12-23(3)11-18-20-16-6-4-5-7-17(16)27-18/h4-10H,11-12H2,1-3H3. The molecule has 0 aliphatic rings. The summed E-state index contributed by atoms with van der Waals surface area (Å²) in [6.07, 6.45) is 0. The second-order valence-corrected chi connectivity index (χ2v) is 8.15. The number of hydrogen-bond acceptors (Lipinski definition) is 6. The van der Waals surface area contributed by atoms with Gasteiger partial charge in [0.15, 0.2) is 0 Å². The molecule has 2 aromatic carbocycles. The number of thiazole rings is 1. The van der Waals surface area contributed by atoms with Gasteiger partial charge >= 0.3 is 0 Å². The quantitative estimate of drug-likeness (QED) is 0.475. The van der Waals surface area contributed by atoms with Gasteiger partial charge in [-0.15, -0.1) is 11.3 Å². The molecule has 0 unspecified atom stereocenters. The van der Waals surface area contributed by atoms with Crippen LogP contribution in [0.1, 0.15) is 16.1 Å². The third kappa shape index (κ3) is 3.69. The lowest BCUT2D eigenvalue weighted by molar-refractivity contribution is 0.242. The molecule has 27 heavy (non-hydrogen) atoms. The molecular formula is C19H20N6S2. The maximum Gasteiger partial charge on any atom is 0.221 e. The van der Waals surface area contributed by atoms with Gasteiger partial charge in [0.25, 0.3) is 0 Å². The highest BCUT2D eigenvalue weighted by Gasteiger charge is 2.11. The van der Waals surface area contributed by atoms with Crippen LogP contribution in [0.4, 0.5) is 0 Å². The number of aryl methyl sites for hydroxylation is 2. The van der Waals surface area contributed by atoms with Gasteiger partial charge in [0, 0.05) is 0 Å². The van der Waals surface area contributed by atoms with Crippen LogP contribution in [-0.2, 0) is 13.2 Å². The maximum atomic E-state index is 5.58. The molecule has 6 nitrogen and oxygen atoms in total. The van der Waals surface area contributed by atoms with E-state index in [0.717, 1.165) is 22.8 Å². The number of hydrogen-bond donors (Lipinski definition) is 0. The molecule has 0 spiro atoms. The molecule has 2 aromatic heterocycles. The summed E-state index contributed by atoms with van der Waals surface area (Å²) in [7, 11) is 2.03. The average molecular weight is 397 g/mol. The third-order valence-corrected chi connectivity index (χ3v) is 5.90. The summed E-state index contributed by atoms with van der Waals surface area (Å²) in [5.41, 5.74) is 4.43.